The molecular formula is C12H21N3O2. The minimum absolute atomic E-state index is 0.159. The molecule has 0 aromatic carbocycles. The molecule has 96 valence electrons. The highest BCUT2D eigenvalue weighted by Gasteiger charge is 2.35. The molecule has 2 N–H and O–H groups in total. The fourth-order valence-corrected chi connectivity index (χ4v) is 2.15. The molecule has 17 heavy (non-hydrogen) atoms. The van der Waals surface area contributed by atoms with Crippen LogP contribution >= 0.6 is 0 Å². The summed E-state index contributed by atoms with van der Waals surface area (Å²) in [6.07, 6.45) is 5.05. The highest BCUT2D eigenvalue weighted by atomic mass is 16.5. The Morgan fingerprint density at radius 2 is 2.29 bits per heavy atom. The second-order valence-corrected chi connectivity index (χ2v) is 4.89. The fourth-order valence-electron chi connectivity index (χ4n) is 2.15. The number of hydrogen-bond donors (Lipinski definition) is 1. The number of nitrogens with two attached hydrogens (primary N) is 1. The summed E-state index contributed by atoms with van der Waals surface area (Å²) in [6.45, 7) is 4.87. The van der Waals surface area contributed by atoms with Crippen molar-refractivity contribution in [2.45, 2.75) is 57.6 Å². The SMILES string of the molecule is CCC[C@H](N)c1nc(C2(C)CCCCO2)no1. The summed E-state index contributed by atoms with van der Waals surface area (Å²) < 4.78 is 11.0. The molecule has 2 heterocycles. The van der Waals surface area contributed by atoms with E-state index in [2.05, 4.69) is 17.1 Å². The number of ether oxygens (including phenoxy) is 1. The van der Waals surface area contributed by atoms with Crippen LogP contribution in [0.1, 0.15) is 63.7 Å². The molecule has 0 saturated carbocycles. The molecule has 1 unspecified atom stereocenters. The number of hydrogen-bond acceptors (Lipinski definition) is 5. The molecule has 1 aromatic rings. The van der Waals surface area contributed by atoms with Crippen LogP contribution in [0.4, 0.5) is 0 Å². The molecule has 0 aliphatic carbocycles. The van der Waals surface area contributed by atoms with E-state index in [9.17, 15) is 0 Å². The Kier molecular flexibility index (Phi) is 3.79. The zero-order valence-corrected chi connectivity index (χ0v) is 10.6. The quantitative estimate of drug-likeness (QED) is 0.872. The Labute approximate surface area is 102 Å². The molecule has 0 radical (unpaired) electrons. The zero-order valence-electron chi connectivity index (χ0n) is 10.6. The van der Waals surface area contributed by atoms with Crippen molar-refractivity contribution < 1.29 is 9.26 Å². The van der Waals surface area contributed by atoms with Crippen LogP contribution in [0.5, 0.6) is 0 Å². The summed E-state index contributed by atoms with van der Waals surface area (Å²) in [5.74, 6) is 1.16. The van der Waals surface area contributed by atoms with Gasteiger partial charge >= 0.3 is 0 Å². The highest BCUT2D eigenvalue weighted by molar-refractivity contribution is 5.02. The summed E-state index contributed by atoms with van der Waals surface area (Å²) in [7, 11) is 0. The highest BCUT2D eigenvalue weighted by Crippen LogP contribution is 2.33. The molecule has 1 aromatic heterocycles. The third kappa shape index (κ3) is 2.66. The van der Waals surface area contributed by atoms with Gasteiger partial charge in [-0.05, 0) is 32.6 Å². The van der Waals surface area contributed by atoms with Gasteiger partial charge in [0, 0.05) is 6.61 Å². The van der Waals surface area contributed by atoms with Gasteiger partial charge in [-0.1, -0.05) is 18.5 Å². The van der Waals surface area contributed by atoms with Crippen LogP contribution in [0.15, 0.2) is 4.52 Å². The largest absolute Gasteiger partial charge is 0.367 e. The summed E-state index contributed by atoms with van der Waals surface area (Å²) >= 11 is 0. The molecule has 5 heteroatoms. The van der Waals surface area contributed by atoms with E-state index in [0.717, 1.165) is 38.7 Å². The predicted octanol–water partition coefficient (Wildman–Crippen LogP) is 2.29. The molecule has 2 rings (SSSR count). The molecule has 1 saturated heterocycles. The molecule has 0 bridgehead atoms. The first-order valence-electron chi connectivity index (χ1n) is 6.39. The van der Waals surface area contributed by atoms with E-state index < -0.39 is 5.60 Å². The summed E-state index contributed by atoms with van der Waals surface area (Å²) in [5.41, 5.74) is 5.56. The minimum atomic E-state index is -0.397. The predicted molar refractivity (Wildman–Crippen MR) is 63.3 cm³/mol. The summed E-state index contributed by atoms with van der Waals surface area (Å²) in [6, 6.07) is -0.159. The number of nitrogens with zero attached hydrogens (tertiary/aromatic N) is 2. The maximum atomic E-state index is 5.95. The van der Waals surface area contributed by atoms with Crippen molar-refractivity contribution in [1.29, 1.82) is 0 Å². The van der Waals surface area contributed by atoms with Crippen molar-refractivity contribution in [1.82, 2.24) is 10.1 Å². The van der Waals surface area contributed by atoms with E-state index in [0.29, 0.717) is 11.7 Å². The average Bonchev–Trinajstić information content (AvgIpc) is 2.80. The van der Waals surface area contributed by atoms with Gasteiger partial charge in [-0.2, -0.15) is 4.98 Å². The molecule has 1 fully saturated rings. The lowest BCUT2D eigenvalue weighted by Gasteiger charge is -2.30. The minimum Gasteiger partial charge on any atom is -0.367 e. The summed E-state index contributed by atoms with van der Waals surface area (Å²) in [5, 5.41) is 4.02. The lowest BCUT2D eigenvalue weighted by molar-refractivity contribution is -0.0770. The fraction of sp³-hybridized carbons (Fsp3) is 0.833. The first-order chi connectivity index (χ1) is 8.15. The monoisotopic (exact) mass is 239 g/mol. The lowest BCUT2D eigenvalue weighted by Crippen LogP contribution is -2.31. The molecule has 1 aliphatic rings. The van der Waals surface area contributed by atoms with E-state index in [1.807, 2.05) is 6.92 Å². The van der Waals surface area contributed by atoms with E-state index in [1.54, 1.807) is 0 Å². The maximum absolute atomic E-state index is 5.95. The van der Waals surface area contributed by atoms with Crippen molar-refractivity contribution in [3.63, 3.8) is 0 Å². The number of aromatic nitrogens is 2. The van der Waals surface area contributed by atoms with Crippen molar-refractivity contribution in [2.24, 2.45) is 5.73 Å². The molecule has 0 amide bonds. The Balaban J connectivity index is 2.11. The van der Waals surface area contributed by atoms with Gasteiger partial charge in [0.2, 0.25) is 11.7 Å². The molecular weight excluding hydrogens is 218 g/mol. The van der Waals surface area contributed by atoms with Crippen LogP contribution in [0.2, 0.25) is 0 Å². The Bertz CT molecular complexity index is 358. The average molecular weight is 239 g/mol. The first kappa shape index (κ1) is 12.5. The van der Waals surface area contributed by atoms with Crippen LogP contribution in [0.25, 0.3) is 0 Å². The topological polar surface area (TPSA) is 74.2 Å². The van der Waals surface area contributed by atoms with Gasteiger partial charge in [0.25, 0.3) is 0 Å². The molecule has 1 aliphatic heterocycles. The molecule has 2 atom stereocenters. The molecule has 0 spiro atoms. The van der Waals surface area contributed by atoms with Gasteiger partial charge in [-0.3, -0.25) is 0 Å². The van der Waals surface area contributed by atoms with E-state index in [-0.39, 0.29) is 6.04 Å². The van der Waals surface area contributed by atoms with Gasteiger partial charge < -0.3 is 15.0 Å². The van der Waals surface area contributed by atoms with Crippen LogP contribution < -0.4 is 5.73 Å². The van der Waals surface area contributed by atoms with Crippen molar-refractivity contribution >= 4 is 0 Å². The Morgan fingerprint density at radius 3 is 2.94 bits per heavy atom. The normalized spacial score (nSPS) is 27.0. The maximum Gasteiger partial charge on any atom is 0.243 e. The van der Waals surface area contributed by atoms with Gasteiger partial charge in [-0.25, -0.2) is 0 Å². The molecule has 5 nitrogen and oxygen atoms in total. The van der Waals surface area contributed by atoms with Crippen molar-refractivity contribution in [3.8, 4) is 0 Å². The Morgan fingerprint density at radius 1 is 1.47 bits per heavy atom. The van der Waals surface area contributed by atoms with Gasteiger partial charge in [-0.15, -0.1) is 0 Å². The van der Waals surface area contributed by atoms with Gasteiger partial charge in [0.1, 0.15) is 5.60 Å². The lowest BCUT2D eigenvalue weighted by atomic mass is 9.95. The first-order valence-corrected chi connectivity index (χ1v) is 6.39. The van der Waals surface area contributed by atoms with Crippen LogP contribution in [0, 0.1) is 0 Å². The second kappa shape index (κ2) is 5.14. The van der Waals surface area contributed by atoms with E-state index in [1.165, 1.54) is 0 Å². The summed E-state index contributed by atoms with van der Waals surface area (Å²) in [4.78, 5) is 4.40. The van der Waals surface area contributed by atoms with Gasteiger partial charge in [0.05, 0.1) is 6.04 Å². The standard InChI is InChI=1S/C12H21N3O2/c1-3-6-9(13)10-14-11(15-17-10)12(2)7-4-5-8-16-12/h9H,3-8,13H2,1-2H3/t9-,12?/m0/s1. The van der Waals surface area contributed by atoms with Gasteiger partial charge in [0.15, 0.2) is 0 Å². The van der Waals surface area contributed by atoms with E-state index >= 15 is 0 Å². The van der Waals surface area contributed by atoms with Crippen LogP contribution in [-0.2, 0) is 10.3 Å². The third-order valence-electron chi connectivity index (χ3n) is 3.30. The van der Waals surface area contributed by atoms with E-state index in [4.69, 9.17) is 15.0 Å². The third-order valence-corrected chi connectivity index (χ3v) is 3.30. The number of rotatable bonds is 4. The van der Waals surface area contributed by atoms with Crippen molar-refractivity contribution in [3.05, 3.63) is 11.7 Å². The van der Waals surface area contributed by atoms with Crippen LogP contribution in [0.3, 0.4) is 0 Å². The second-order valence-electron chi connectivity index (χ2n) is 4.89. The van der Waals surface area contributed by atoms with Crippen LogP contribution in [-0.4, -0.2) is 16.7 Å². The zero-order chi connectivity index (χ0) is 12.3. The Hall–Kier alpha value is -0.940. The van der Waals surface area contributed by atoms with Crippen molar-refractivity contribution in [2.75, 3.05) is 6.61 Å². The smallest absolute Gasteiger partial charge is 0.243 e.